The lowest BCUT2D eigenvalue weighted by atomic mass is 10.2. The van der Waals surface area contributed by atoms with Crippen LogP contribution in [0.3, 0.4) is 0 Å². The Bertz CT molecular complexity index is 558. The average Bonchev–Trinajstić information content (AvgIpc) is 2.85. The van der Waals surface area contributed by atoms with E-state index in [0.29, 0.717) is 6.61 Å². The third-order valence-electron chi connectivity index (χ3n) is 2.60. The van der Waals surface area contributed by atoms with Gasteiger partial charge in [-0.3, -0.25) is 0 Å². The summed E-state index contributed by atoms with van der Waals surface area (Å²) in [5.41, 5.74) is 3.38. The molecule has 2 rings (SSSR count). The van der Waals surface area contributed by atoms with E-state index < -0.39 is 0 Å². The van der Waals surface area contributed by atoms with Crippen LogP contribution in [0.2, 0.25) is 0 Å². The fraction of sp³-hybridized carbons (Fsp3) is 0.267. The number of benzene rings is 1. The van der Waals surface area contributed by atoms with Gasteiger partial charge in [0.25, 0.3) is 0 Å². The van der Waals surface area contributed by atoms with Gasteiger partial charge in [-0.15, -0.1) is 11.3 Å². The normalized spacial score (nSPS) is 10.1. The second-order valence-electron chi connectivity index (χ2n) is 4.54. The van der Waals surface area contributed by atoms with Crippen molar-refractivity contribution < 1.29 is 4.74 Å². The third kappa shape index (κ3) is 4.10. The molecule has 1 N–H and O–H groups in total. The van der Waals surface area contributed by atoms with E-state index >= 15 is 0 Å². The fourth-order valence-electron chi connectivity index (χ4n) is 1.54. The Kier molecular flexibility index (Phi) is 4.58. The highest BCUT2D eigenvalue weighted by atomic mass is 32.1. The Labute approximate surface area is 118 Å². The molecule has 0 aliphatic carbocycles. The minimum Gasteiger partial charge on any atom is -0.489 e. The number of hydrogen-bond donors (Lipinski definition) is 1. The van der Waals surface area contributed by atoms with Crippen LogP contribution in [0.15, 0.2) is 41.4 Å². The topological polar surface area (TPSA) is 34.1 Å². The zero-order valence-corrected chi connectivity index (χ0v) is 12.3. The Balaban J connectivity index is 2.08. The van der Waals surface area contributed by atoms with E-state index in [4.69, 9.17) is 4.74 Å². The van der Waals surface area contributed by atoms with Gasteiger partial charge < -0.3 is 10.1 Å². The number of rotatable bonds is 5. The SMILES string of the molecule is CC(C)=CCOc1cc(Nc2nccs2)ccc1C. The van der Waals surface area contributed by atoms with Gasteiger partial charge in [0.2, 0.25) is 0 Å². The van der Waals surface area contributed by atoms with Crippen LogP contribution in [0.25, 0.3) is 0 Å². The molecule has 0 aliphatic rings. The molecule has 3 nitrogen and oxygen atoms in total. The van der Waals surface area contributed by atoms with Crippen molar-refractivity contribution in [3.63, 3.8) is 0 Å². The standard InChI is InChI=1S/C15H18N2OS/c1-11(2)6-8-18-14-10-13(5-4-12(14)3)17-15-16-7-9-19-15/h4-7,9-10H,8H2,1-3H3,(H,16,17). The van der Waals surface area contributed by atoms with Crippen LogP contribution < -0.4 is 10.1 Å². The first-order valence-electron chi connectivity index (χ1n) is 6.18. The van der Waals surface area contributed by atoms with E-state index in [0.717, 1.165) is 22.1 Å². The molecule has 19 heavy (non-hydrogen) atoms. The summed E-state index contributed by atoms with van der Waals surface area (Å²) in [7, 11) is 0. The summed E-state index contributed by atoms with van der Waals surface area (Å²) in [6, 6.07) is 6.09. The zero-order chi connectivity index (χ0) is 13.7. The molecule has 0 aliphatic heterocycles. The number of aromatic nitrogens is 1. The van der Waals surface area contributed by atoms with Crippen LogP contribution >= 0.6 is 11.3 Å². The number of thiazole rings is 1. The highest BCUT2D eigenvalue weighted by Crippen LogP contribution is 2.26. The quantitative estimate of drug-likeness (QED) is 0.813. The van der Waals surface area contributed by atoms with Crippen molar-refractivity contribution in [2.24, 2.45) is 0 Å². The molecule has 1 aromatic heterocycles. The molecular weight excluding hydrogens is 256 g/mol. The van der Waals surface area contributed by atoms with Gasteiger partial charge in [-0.2, -0.15) is 0 Å². The van der Waals surface area contributed by atoms with E-state index in [2.05, 4.69) is 30.2 Å². The minimum atomic E-state index is 0.601. The van der Waals surface area contributed by atoms with Gasteiger partial charge in [0, 0.05) is 23.3 Å². The van der Waals surface area contributed by atoms with E-state index in [1.807, 2.05) is 30.5 Å². The Morgan fingerprint density at radius 1 is 1.42 bits per heavy atom. The first-order valence-corrected chi connectivity index (χ1v) is 7.06. The van der Waals surface area contributed by atoms with E-state index in [1.54, 1.807) is 17.5 Å². The van der Waals surface area contributed by atoms with Gasteiger partial charge in [0.05, 0.1) is 0 Å². The van der Waals surface area contributed by atoms with Gasteiger partial charge in [-0.25, -0.2) is 4.98 Å². The smallest absolute Gasteiger partial charge is 0.187 e. The fourth-order valence-corrected chi connectivity index (χ4v) is 2.09. The maximum Gasteiger partial charge on any atom is 0.187 e. The van der Waals surface area contributed by atoms with Crippen molar-refractivity contribution in [3.05, 3.63) is 47.0 Å². The Hall–Kier alpha value is -1.81. The molecule has 0 saturated carbocycles. The maximum absolute atomic E-state index is 5.77. The molecule has 0 radical (unpaired) electrons. The van der Waals surface area contributed by atoms with Crippen molar-refractivity contribution in [2.75, 3.05) is 11.9 Å². The number of nitrogens with zero attached hydrogens (tertiary/aromatic N) is 1. The summed E-state index contributed by atoms with van der Waals surface area (Å²) in [6.07, 6.45) is 3.85. The Morgan fingerprint density at radius 2 is 2.26 bits per heavy atom. The van der Waals surface area contributed by atoms with Gasteiger partial charge in [0.15, 0.2) is 5.13 Å². The number of anilines is 2. The van der Waals surface area contributed by atoms with Gasteiger partial charge >= 0.3 is 0 Å². The van der Waals surface area contributed by atoms with Crippen molar-refractivity contribution in [3.8, 4) is 5.75 Å². The maximum atomic E-state index is 5.77. The molecule has 0 atom stereocenters. The first kappa shape index (κ1) is 13.6. The minimum absolute atomic E-state index is 0.601. The summed E-state index contributed by atoms with van der Waals surface area (Å²) < 4.78 is 5.77. The molecule has 0 unspecified atom stereocenters. The molecule has 0 spiro atoms. The number of nitrogens with one attached hydrogen (secondary N) is 1. The summed E-state index contributed by atoms with van der Waals surface area (Å²) in [5.74, 6) is 0.902. The van der Waals surface area contributed by atoms with Crippen LogP contribution in [0.4, 0.5) is 10.8 Å². The van der Waals surface area contributed by atoms with E-state index in [-0.39, 0.29) is 0 Å². The number of ether oxygens (including phenoxy) is 1. The number of aryl methyl sites for hydroxylation is 1. The lowest BCUT2D eigenvalue weighted by molar-refractivity contribution is 0.359. The summed E-state index contributed by atoms with van der Waals surface area (Å²) in [4.78, 5) is 4.21. The predicted molar refractivity (Wildman–Crippen MR) is 81.5 cm³/mol. The molecule has 0 bridgehead atoms. The van der Waals surface area contributed by atoms with Gasteiger partial charge in [0.1, 0.15) is 12.4 Å². The van der Waals surface area contributed by atoms with Crippen LogP contribution in [-0.2, 0) is 0 Å². The molecule has 4 heteroatoms. The van der Waals surface area contributed by atoms with Crippen LogP contribution in [-0.4, -0.2) is 11.6 Å². The highest BCUT2D eigenvalue weighted by molar-refractivity contribution is 7.13. The van der Waals surface area contributed by atoms with Crippen molar-refractivity contribution >= 4 is 22.2 Å². The molecule has 100 valence electrons. The molecule has 2 aromatic rings. The van der Waals surface area contributed by atoms with Crippen LogP contribution in [0.1, 0.15) is 19.4 Å². The summed E-state index contributed by atoms with van der Waals surface area (Å²) in [6.45, 7) is 6.78. The molecule has 0 saturated heterocycles. The second kappa shape index (κ2) is 6.38. The summed E-state index contributed by atoms with van der Waals surface area (Å²) >= 11 is 1.58. The van der Waals surface area contributed by atoms with Gasteiger partial charge in [-0.1, -0.05) is 11.6 Å². The van der Waals surface area contributed by atoms with Crippen LogP contribution in [0.5, 0.6) is 5.75 Å². The van der Waals surface area contributed by atoms with E-state index in [1.165, 1.54) is 5.57 Å². The van der Waals surface area contributed by atoms with E-state index in [9.17, 15) is 0 Å². The lowest BCUT2D eigenvalue weighted by Crippen LogP contribution is -1.97. The molecule has 1 heterocycles. The van der Waals surface area contributed by atoms with Crippen molar-refractivity contribution in [1.82, 2.24) is 4.98 Å². The molecule has 0 amide bonds. The monoisotopic (exact) mass is 274 g/mol. The number of hydrogen-bond acceptors (Lipinski definition) is 4. The predicted octanol–water partition coefficient (Wildman–Crippen LogP) is 4.54. The highest BCUT2D eigenvalue weighted by Gasteiger charge is 2.02. The van der Waals surface area contributed by atoms with Crippen molar-refractivity contribution in [2.45, 2.75) is 20.8 Å². The Morgan fingerprint density at radius 3 is 2.95 bits per heavy atom. The molecule has 0 fully saturated rings. The van der Waals surface area contributed by atoms with Gasteiger partial charge in [-0.05, 0) is 38.5 Å². The first-order chi connectivity index (χ1) is 9.15. The third-order valence-corrected chi connectivity index (χ3v) is 3.29. The second-order valence-corrected chi connectivity index (χ2v) is 5.43. The zero-order valence-electron chi connectivity index (χ0n) is 11.4. The molecular formula is C15H18N2OS. The summed E-state index contributed by atoms with van der Waals surface area (Å²) in [5, 5.41) is 6.10. The van der Waals surface area contributed by atoms with Crippen molar-refractivity contribution in [1.29, 1.82) is 0 Å². The number of allylic oxidation sites excluding steroid dienone is 1. The molecule has 1 aromatic carbocycles. The average molecular weight is 274 g/mol. The largest absolute Gasteiger partial charge is 0.489 e. The lowest BCUT2D eigenvalue weighted by Gasteiger charge is -2.10. The van der Waals surface area contributed by atoms with Crippen LogP contribution in [0, 0.1) is 6.92 Å².